The minimum atomic E-state index is -2.52. The van der Waals surface area contributed by atoms with Crippen molar-refractivity contribution in [3.63, 3.8) is 0 Å². The van der Waals surface area contributed by atoms with Gasteiger partial charge in [-0.25, -0.2) is 13.2 Å². The summed E-state index contributed by atoms with van der Waals surface area (Å²) in [7, 11) is 1.37. The molecular formula is C10H9F3N2. The molecule has 15 heavy (non-hydrogen) atoms. The zero-order chi connectivity index (χ0) is 11.4. The van der Waals surface area contributed by atoms with Crippen molar-refractivity contribution in [2.75, 3.05) is 18.5 Å². The number of alkyl halides is 2. The van der Waals surface area contributed by atoms with Crippen molar-refractivity contribution >= 4 is 5.69 Å². The number of hydrogen-bond donors (Lipinski definition) is 0. The van der Waals surface area contributed by atoms with Crippen molar-refractivity contribution in [2.24, 2.45) is 0 Å². The minimum absolute atomic E-state index is 0.0642. The first-order valence-electron chi connectivity index (χ1n) is 4.23. The molecule has 0 amide bonds. The molecule has 0 saturated carbocycles. The molecule has 0 saturated heterocycles. The van der Waals surface area contributed by atoms with Crippen LogP contribution in [0.4, 0.5) is 18.9 Å². The van der Waals surface area contributed by atoms with Crippen LogP contribution in [-0.2, 0) is 0 Å². The fourth-order valence-electron chi connectivity index (χ4n) is 1.19. The maximum absolute atomic E-state index is 13.3. The Morgan fingerprint density at radius 1 is 1.47 bits per heavy atom. The summed E-state index contributed by atoms with van der Waals surface area (Å²) in [6.07, 6.45) is -2.52. The lowest BCUT2D eigenvalue weighted by Gasteiger charge is -2.19. The second-order valence-electron chi connectivity index (χ2n) is 3.05. The Morgan fingerprint density at radius 3 is 2.60 bits per heavy atom. The lowest BCUT2D eigenvalue weighted by molar-refractivity contribution is 0.156. The number of halogens is 3. The van der Waals surface area contributed by atoms with Gasteiger partial charge in [-0.1, -0.05) is 0 Å². The van der Waals surface area contributed by atoms with E-state index in [2.05, 4.69) is 0 Å². The van der Waals surface area contributed by atoms with E-state index in [1.807, 2.05) is 0 Å². The number of anilines is 1. The molecule has 0 atom stereocenters. The molecule has 0 unspecified atom stereocenters. The summed E-state index contributed by atoms with van der Waals surface area (Å²) >= 11 is 0. The molecule has 0 aliphatic rings. The Bertz CT molecular complexity index is 385. The molecule has 0 aliphatic carbocycles. The first-order valence-corrected chi connectivity index (χ1v) is 4.23. The van der Waals surface area contributed by atoms with Gasteiger partial charge in [-0.3, -0.25) is 0 Å². The summed E-state index contributed by atoms with van der Waals surface area (Å²) in [6, 6.07) is 5.50. The number of benzene rings is 1. The summed E-state index contributed by atoms with van der Waals surface area (Å²) in [5, 5.41) is 8.49. The van der Waals surface area contributed by atoms with Crippen molar-refractivity contribution in [1.82, 2.24) is 0 Å². The Kier molecular flexibility index (Phi) is 3.56. The first kappa shape index (κ1) is 11.4. The van der Waals surface area contributed by atoms with Gasteiger partial charge >= 0.3 is 0 Å². The van der Waals surface area contributed by atoms with E-state index in [4.69, 9.17) is 5.26 Å². The van der Waals surface area contributed by atoms with Gasteiger partial charge in [-0.2, -0.15) is 5.26 Å². The van der Waals surface area contributed by atoms with Gasteiger partial charge < -0.3 is 4.90 Å². The summed E-state index contributed by atoms with van der Waals surface area (Å²) in [5.74, 6) is -0.669. The van der Waals surface area contributed by atoms with Gasteiger partial charge in [-0.05, 0) is 18.2 Å². The van der Waals surface area contributed by atoms with E-state index in [0.717, 1.165) is 11.0 Å². The van der Waals surface area contributed by atoms with E-state index >= 15 is 0 Å². The number of rotatable bonds is 3. The molecule has 0 aliphatic heterocycles. The topological polar surface area (TPSA) is 27.0 Å². The molecule has 1 rings (SSSR count). The van der Waals surface area contributed by atoms with E-state index < -0.39 is 18.8 Å². The number of nitriles is 1. The van der Waals surface area contributed by atoms with Crippen LogP contribution >= 0.6 is 0 Å². The standard InChI is InChI=1S/C10H9F3N2/c1-15(6-10(12)13)9-3-2-7(5-14)4-8(9)11/h2-4,10H,6H2,1H3. The van der Waals surface area contributed by atoms with E-state index in [0.29, 0.717) is 0 Å². The van der Waals surface area contributed by atoms with Gasteiger partial charge in [0.05, 0.1) is 23.9 Å². The maximum Gasteiger partial charge on any atom is 0.255 e. The quantitative estimate of drug-likeness (QED) is 0.772. The number of hydrogen-bond acceptors (Lipinski definition) is 2. The van der Waals surface area contributed by atoms with Crippen molar-refractivity contribution in [3.8, 4) is 6.07 Å². The summed E-state index contributed by atoms with van der Waals surface area (Å²) < 4.78 is 37.4. The highest BCUT2D eigenvalue weighted by Gasteiger charge is 2.12. The van der Waals surface area contributed by atoms with E-state index in [1.165, 1.54) is 19.2 Å². The van der Waals surface area contributed by atoms with Crippen LogP contribution in [0, 0.1) is 17.1 Å². The monoisotopic (exact) mass is 214 g/mol. The predicted octanol–water partition coefficient (Wildman–Crippen LogP) is 2.40. The highest BCUT2D eigenvalue weighted by molar-refractivity contribution is 5.50. The first-order chi connectivity index (χ1) is 7.04. The fourth-order valence-corrected chi connectivity index (χ4v) is 1.19. The third kappa shape index (κ3) is 2.88. The highest BCUT2D eigenvalue weighted by Crippen LogP contribution is 2.19. The van der Waals surface area contributed by atoms with Crippen molar-refractivity contribution in [3.05, 3.63) is 29.6 Å². The minimum Gasteiger partial charge on any atom is -0.367 e. The van der Waals surface area contributed by atoms with Crippen molar-refractivity contribution in [2.45, 2.75) is 6.43 Å². The third-order valence-electron chi connectivity index (χ3n) is 1.90. The largest absolute Gasteiger partial charge is 0.367 e. The van der Waals surface area contributed by atoms with Gasteiger partial charge in [0.2, 0.25) is 0 Å². The van der Waals surface area contributed by atoms with Crippen LogP contribution in [0.5, 0.6) is 0 Å². The molecule has 0 aromatic heterocycles. The zero-order valence-electron chi connectivity index (χ0n) is 8.04. The second kappa shape index (κ2) is 4.69. The number of nitrogens with zero attached hydrogens (tertiary/aromatic N) is 2. The Hall–Kier alpha value is -1.70. The van der Waals surface area contributed by atoms with Crippen LogP contribution in [0.2, 0.25) is 0 Å². The van der Waals surface area contributed by atoms with Gasteiger partial charge in [0.15, 0.2) is 0 Å². The molecule has 80 valence electrons. The van der Waals surface area contributed by atoms with Crippen molar-refractivity contribution < 1.29 is 13.2 Å². The molecule has 0 spiro atoms. The van der Waals surface area contributed by atoms with E-state index in [-0.39, 0.29) is 11.3 Å². The summed E-state index contributed by atoms with van der Waals surface area (Å²) in [5.41, 5.74) is 0.232. The molecular weight excluding hydrogens is 205 g/mol. The molecule has 0 radical (unpaired) electrons. The fraction of sp³-hybridized carbons (Fsp3) is 0.300. The van der Waals surface area contributed by atoms with Crippen LogP contribution in [0.25, 0.3) is 0 Å². The maximum atomic E-state index is 13.3. The SMILES string of the molecule is CN(CC(F)F)c1ccc(C#N)cc1F. The molecule has 0 N–H and O–H groups in total. The summed E-state index contributed by atoms with van der Waals surface area (Å²) in [6.45, 7) is -0.539. The average Bonchev–Trinajstić information content (AvgIpc) is 2.16. The smallest absolute Gasteiger partial charge is 0.255 e. The summed E-state index contributed by atoms with van der Waals surface area (Å²) in [4.78, 5) is 1.11. The molecule has 0 bridgehead atoms. The highest BCUT2D eigenvalue weighted by atomic mass is 19.3. The lowest BCUT2D eigenvalue weighted by atomic mass is 10.2. The molecule has 5 heteroatoms. The van der Waals surface area contributed by atoms with Crippen LogP contribution in [-0.4, -0.2) is 20.0 Å². The van der Waals surface area contributed by atoms with Gasteiger partial charge in [0.25, 0.3) is 6.43 Å². The van der Waals surface area contributed by atoms with E-state index in [1.54, 1.807) is 6.07 Å². The Balaban J connectivity index is 2.91. The molecule has 2 nitrogen and oxygen atoms in total. The molecule has 1 aromatic rings. The second-order valence-corrected chi connectivity index (χ2v) is 3.05. The molecule has 0 fully saturated rings. The molecule has 1 aromatic carbocycles. The third-order valence-corrected chi connectivity index (χ3v) is 1.90. The van der Waals surface area contributed by atoms with Gasteiger partial charge in [-0.15, -0.1) is 0 Å². The lowest BCUT2D eigenvalue weighted by Crippen LogP contribution is -2.24. The zero-order valence-corrected chi connectivity index (χ0v) is 8.04. The average molecular weight is 214 g/mol. The predicted molar refractivity (Wildman–Crippen MR) is 50.4 cm³/mol. The van der Waals surface area contributed by atoms with Crippen LogP contribution in [0.15, 0.2) is 18.2 Å². The van der Waals surface area contributed by atoms with Crippen LogP contribution in [0.1, 0.15) is 5.56 Å². The van der Waals surface area contributed by atoms with E-state index in [9.17, 15) is 13.2 Å². The van der Waals surface area contributed by atoms with Gasteiger partial charge in [0.1, 0.15) is 5.82 Å². The molecule has 0 heterocycles. The van der Waals surface area contributed by atoms with Crippen LogP contribution < -0.4 is 4.90 Å². The normalized spacial score (nSPS) is 10.1. The van der Waals surface area contributed by atoms with Crippen LogP contribution in [0.3, 0.4) is 0 Å². The van der Waals surface area contributed by atoms with Gasteiger partial charge in [0, 0.05) is 7.05 Å². The Morgan fingerprint density at radius 2 is 2.13 bits per heavy atom. The Labute approximate surface area is 85.5 Å². The van der Waals surface area contributed by atoms with Crippen molar-refractivity contribution in [1.29, 1.82) is 5.26 Å².